The van der Waals surface area contributed by atoms with E-state index in [4.69, 9.17) is 10.8 Å². The Labute approximate surface area is 104 Å². The van der Waals surface area contributed by atoms with Gasteiger partial charge in [-0.3, -0.25) is 4.79 Å². The molecule has 0 aliphatic carbocycles. The van der Waals surface area contributed by atoms with Crippen molar-refractivity contribution in [3.63, 3.8) is 0 Å². The van der Waals surface area contributed by atoms with Crippen LogP contribution in [-0.4, -0.2) is 39.1 Å². The number of nitrogen functional groups attached to an aromatic ring is 1. The van der Waals surface area contributed by atoms with Gasteiger partial charge in [-0.1, -0.05) is 0 Å². The molecular formula is C10H16N4O2S. The highest BCUT2D eigenvalue weighted by Gasteiger charge is 2.15. The van der Waals surface area contributed by atoms with Crippen LogP contribution in [0, 0.1) is 0 Å². The smallest absolute Gasteiger partial charge is 0.320 e. The molecule has 1 aromatic rings. The average Bonchev–Trinajstić information content (AvgIpc) is 2.31. The molecule has 1 heterocycles. The zero-order valence-corrected chi connectivity index (χ0v) is 10.4. The molecule has 0 aliphatic heterocycles. The Bertz CT molecular complexity index is 358. The van der Waals surface area contributed by atoms with Gasteiger partial charge in [0.1, 0.15) is 6.04 Å². The van der Waals surface area contributed by atoms with Crippen molar-refractivity contribution in [2.75, 3.05) is 17.7 Å². The minimum Gasteiger partial charge on any atom is -0.480 e. The number of nitrogens with one attached hydrogen (secondary N) is 1. The summed E-state index contributed by atoms with van der Waals surface area (Å²) in [7, 11) is 0. The van der Waals surface area contributed by atoms with Gasteiger partial charge in [0.15, 0.2) is 0 Å². The van der Waals surface area contributed by atoms with Crippen molar-refractivity contribution in [3.8, 4) is 0 Å². The second kappa shape index (κ2) is 7.08. The molecule has 7 heteroatoms. The molecule has 0 bridgehead atoms. The number of carbonyl (C=O) groups is 1. The van der Waals surface area contributed by atoms with Gasteiger partial charge in [-0.2, -0.15) is 11.8 Å². The van der Waals surface area contributed by atoms with Gasteiger partial charge in [0.25, 0.3) is 0 Å². The summed E-state index contributed by atoms with van der Waals surface area (Å²) in [5.41, 5.74) is 6.17. The number of nitrogens with two attached hydrogens (primary N) is 1. The summed E-state index contributed by atoms with van der Waals surface area (Å²) in [5.74, 6) is 0.184. The molecule has 0 radical (unpaired) electrons. The Morgan fingerprint density at radius 3 is 2.76 bits per heavy atom. The van der Waals surface area contributed by atoms with Crippen molar-refractivity contribution < 1.29 is 9.90 Å². The van der Waals surface area contributed by atoms with E-state index < -0.39 is 12.0 Å². The van der Waals surface area contributed by atoms with Gasteiger partial charge in [-0.25, -0.2) is 9.97 Å². The molecule has 1 atom stereocenters. The van der Waals surface area contributed by atoms with Gasteiger partial charge in [-0.05, 0) is 18.4 Å². The summed E-state index contributed by atoms with van der Waals surface area (Å²) in [5, 5.41) is 12.0. The maximum Gasteiger partial charge on any atom is 0.320 e. The van der Waals surface area contributed by atoms with Crippen LogP contribution in [0.2, 0.25) is 0 Å². The predicted molar refractivity (Wildman–Crippen MR) is 67.7 cm³/mol. The highest BCUT2D eigenvalue weighted by molar-refractivity contribution is 7.98. The van der Waals surface area contributed by atoms with Crippen molar-refractivity contribution in [2.24, 2.45) is 0 Å². The Morgan fingerprint density at radius 2 is 2.24 bits per heavy atom. The zero-order chi connectivity index (χ0) is 12.7. The van der Waals surface area contributed by atoms with Crippen LogP contribution in [0.1, 0.15) is 12.0 Å². The molecule has 0 fully saturated rings. The van der Waals surface area contributed by atoms with Gasteiger partial charge in [-0.15, -0.1) is 0 Å². The number of nitrogens with zero attached hydrogens (tertiary/aromatic N) is 2. The number of aliphatic carboxylic acids is 1. The zero-order valence-electron chi connectivity index (χ0n) is 9.59. The Hall–Kier alpha value is -1.34. The van der Waals surface area contributed by atoms with E-state index in [1.165, 1.54) is 0 Å². The molecule has 4 N–H and O–H groups in total. The minimum absolute atomic E-state index is 0.214. The van der Waals surface area contributed by atoms with Crippen LogP contribution < -0.4 is 11.1 Å². The maximum absolute atomic E-state index is 11.0. The highest BCUT2D eigenvalue weighted by atomic mass is 32.2. The van der Waals surface area contributed by atoms with E-state index in [0.29, 0.717) is 13.0 Å². The molecule has 0 aromatic carbocycles. The third-order valence-electron chi connectivity index (χ3n) is 2.19. The molecule has 6 nitrogen and oxygen atoms in total. The van der Waals surface area contributed by atoms with Gasteiger partial charge in [0.2, 0.25) is 5.95 Å². The normalized spacial score (nSPS) is 12.3. The Balaban J connectivity index is 2.45. The number of rotatable bonds is 7. The van der Waals surface area contributed by atoms with E-state index in [-0.39, 0.29) is 5.95 Å². The topological polar surface area (TPSA) is 101 Å². The Morgan fingerprint density at radius 1 is 1.59 bits per heavy atom. The summed E-state index contributed by atoms with van der Waals surface area (Å²) >= 11 is 1.63. The van der Waals surface area contributed by atoms with E-state index >= 15 is 0 Å². The predicted octanol–water partition coefficient (Wildman–Crippen LogP) is 0.355. The fraction of sp³-hybridized carbons (Fsp3) is 0.500. The van der Waals surface area contributed by atoms with Crippen molar-refractivity contribution in [3.05, 3.63) is 18.0 Å². The van der Waals surface area contributed by atoms with Crippen LogP contribution in [0.25, 0.3) is 0 Å². The van der Waals surface area contributed by atoms with Gasteiger partial charge in [0.05, 0.1) is 0 Å². The summed E-state index contributed by atoms with van der Waals surface area (Å²) in [6.45, 7) is 0.422. The molecule has 17 heavy (non-hydrogen) atoms. The van der Waals surface area contributed by atoms with Crippen LogP contribution in [-0.2, 0) is 11.3 Å². The summed E-state index contributed by atoms with van der Waals surface area (Å²) in [4.78, 5) is 18.6. The van der Waals surface area contributed by atoms with Crippen molar-refractivity contribution in [1.29, 1.82) is 0 Å². The third kappa shape index (κ3) is 5.01. The summed E-state index contributed by atoms with van der Waals surface area (Å²) < 4.78 is 0. The lowest BCUT2D eigenvalue weighted by Crippen LogP contribution is -2.36. The molecule has 1 unspecified atom stereocenters. The molecule has 0 saturated heterocycles. The second-order valence-corrected chi connectivity index (χ2v) is 4.49. The quantitative estimate of drug-likeness (QED) is 0.647. The first-order chi connectivity index (χ1) is 8.13. The van der Waals surface area contributed by atoms with Gasteiger partial charge in [0, 0.05) is 24.5 Å². The lowest BCUT2D eigenvalue weighted by Gasteiger charge is -2.13. The van der Waals surface area contributed by atoms with E-state index in [1.807, 2.05) is 6.26 Å². The molecule has 0 spiro atoms. The number of thioether (sulfide) groups is 1. The lowest BCUT2D eigenvalue weighted by molar-refractivity contribution is -0.139. The van der Waals surface area contributed by atoms with E-state index in [0.717, 1.165) is 11.3 Å². The lowest BCUT2D eigenvalue weighted by atomic mass is 10.2. The number of hydrogen-bond acceptors (Lipinski definition) is 6. The Kier molecular flexibility index (Phi) is 5.71. The van der Waals surface area contributed by atoms with Crippen LogP contribution in [0.5, 0.6) is 0 Å². The van der Waals surface area contributed by atoms with E-state index in [1.54, 1.807) is 24.2 Å². The molecular weight excluding hydrogens is 240 g/mol. The molecule has 94 valence electrons. The molecule has 1 aromatic heterocycles. The maximum atomic E-state index is 11.0. The number of aromatic nitrogens is 2. The molecule has 0 aliphatic rings. The summed E-state index contributed by atoms with van der Waals surface area (Å²) in [6, 6.07) is -0.542. The van der Waals surface area contributed by atoms with E-state index in [2.05, 4.69) is 15.3 Å². The van der Waals surface area contributed by atoms with E-state index in [9.17, 15) is 4.79 Å². The van der Waals surface area contributed by atoms with Crippen molar-refractivity contribution >= 4 is 23.7 Å². The fourth-order valence-corrected chi connectivity index (χ4v) is 1.72. The summed E-state index contributed by atoms with van der Waals surface area (Å²) in [6.07, 6.45) is 5.71. The average molecular weight is 256 g/mol. The fourth-order valence-electron chi connectivity index (χ4n) is 1.25. The largest absolute Gasteiger partial charge is 0.480 e. The first-order valence-corrected chi connectivity index (χ1v) is 6.54. The SMILES string of the molecule is CSCCC(NCc1cnc(N)nc1)C(=O)O. The molecule has 1 rings (SSSR count). The number of carboxylic acid groups (broad SMARTS) is 1. The first kappa shape index (κ1) is 13.7. The molecule has 0 amide bonds. The van der Waals surface area contributed by atoms with Crippen molar-refractivity contribution in [1.82, 2.24) is 15.3 Å². The van der Waals surface area contributed by atoms with Crippen LogP contribution in [0.15, 0.2) is 12.4 Å². The van der Waals surface area contributed by atoms with Gasteiger partial charge >= 0.3 is 5.97 Å². The minimum atomic E-state index is -0.838. The second-order valence-electron chi connectivity index (χ2n) is 3.50. The third-order valence-corrected chi connectivity index (χ3v) is 2.83. The molecule has 0 saturated carbocycles. The monoisotopic (exact) mass is 256 g/mol. The van der Waals surface area contributed by atoms with Gasteiger partial charge < -0.3 is 16.2 Å². The van der Waals surface area contributed by atoms with Crippen LogP contribution >= 0.6 is 11.8 Å². The van der Waals surface area contributed by atoms with Crippen molar-refractivity contribution in [2.45, 2.75) is 19.0 Å². The number of hydrogen-bond donors (Lipinski definition) is 3. The first-order valence-electron chi connectivity index (χ1n) is 5.15. The number of carboxylic acids is 1. The van der Waals surface area contributed by atoms with Crippen LogP contribution in [0.3, 0.4) is 0 Å². The standard InChI is InChI=1S/C10H16N4O2S/c1-17-3-2-8(9(15)16)12-4-7-5-13-10(11)14-6-7/h5-6,8,12H,2-4H2,1H3,(H,15,16)(H2,11,13,14). The van der Waals surface area contributed by atoms with Crippen LogP contribution in [0.4, 0.5) is 5.95 Å². The highest BCUT2D eigenvalue weighted by Crippen LogP contribution is 2.03. The number of anilines is 1.